The zero-order valence-electron chi connectivity index (χ0n) is 22.2. The van der Waals surface area contributed by atoms with E-state index in [-0.39, 0.29) is 0 Å². The van der Waals surface area contributed by atoms with Crippen molar-refractivity contribution in [2.45, 2.75) is 117 Å². The maximum atomic E-state index is 2.40. The molecule has 0 fully saturated rings. The average Bonchev–Trinajstić information content (AvgIpc) is 3.40. The molecule has 0 atom stereocenters. The first-order chi connectivity index (χ1) is 15.7. The highest BCUT2D eigenvalue weighted by molar-refractivity contribution is 4.89. The van der Waals surface area contributed by atoms with Gasteiger partial charge in [0.15, 0.2) is 0 Å². The second-order valence-electron chi connectivity index (χ2n) is 9.97. The number of nitrogens with zero attached hydrogens (tertiary/aromatic N) is 4. The summed E-state index contributed by atoms with van der Waals surface area (Å²) in [5.74, 6) is 0. The fourth-order valence-electron chi connectivity index (χ4n) is 4.37. The molecule has 0 saturated heterocycles. The summed E-state index contributed by atoms with van der Waals surface area (Å²) in [6.07, 6.45) is 31.3. The molecule has 4 heteroatoms. The summed E-state index contributed by atoms with van der Waals surface area (Å²) in [4.78, 5) is 9.25. The van der Waals surface area contributed by atoms with Crippen LogP contribution < -0.4 is 0 Å². The summed E-state index contributed by atoms with van der Waals surface area (Å²) >= 11 is 0. The zero-order valence-corrected chi connectivity index (χ0v) is 22.2. The van der Waals surface area contributed by atoms with E-state index in [2.05, 4.69) is 72.3 Å². The lowest BCUT2D eigenvalue weighted by atomic mass is 10.1. The van der Waals surface area contributed by atoms with Gasteiger partial charge < -0.3 is 19.6 Å². The summed E-state index contributed by atoms with van der Waals surface area (Å²) in [5.41, 5.74) is 0. The smallest absolute Gasteiger partial charge is 0.0890 e. The minimum absolute atomic E-state index is 1.08. The molecule has 4 nitrogen and oxygen atoms in total. The maximum Gasteiger partial charge on any atom is 0.0890 e. The third kappa shape index (κ3) is 16.3. The second-order valence-corrected chi connectivity index (χ2v) is 9.97. The van der Waals surface area contributed by atoms with Crippen LogP contribution in [0.3, 0.4) is 0 Å². The predicted molar refractivity (Wildman–Crippen MR) is 142 cm³/mol. The average molecular weight is 449 g/mol. The highest BCUT2D eigenvalue weighted by Crippen LogP contribution is 2.11. The van der Waals surface area contributed by atoms with E-state index in [4.69, 9.17) is 0 Å². The number of unbranched alkanes of at least 4 members (excludes halogenated alkanes) is 14. The minimum atomic E-state index is 1.08. The molecule has 0 aromatic heterocycles. The summed E-state index contributed by atoms with van der Waals surface area (Å²) in [6, 6.07) is 0. The molecular formula is C28H56N4. The molecule has 0 saturated carbocycles. The lowest BCUT2D eigenvalue weighted by molar-refractivity contribution is 0.290. The maximum absolute atomic E-state index is 2.40. The first-order valence-electron chi connectivity index (χ1n) is 13.9. The molecule has 0 bridgehead atoms. The Morgan fingerprint density at radius 3 is 1.03 bits per heavy atom. The third-order valence-corrected chi connectivity index (χ3v) is 6.47. The molecule has 2 aliphatic rings. The molecule has 2 aliphatic heterocycles. The Bertz CT molecular complexity index is 420. The first kappa shape index (κ1) is 28.7. The number of rotatable bonds is 18. The van der Waals surface area contributed by atoms with E-state index in [9.17, 15) is 0 Å². The van der Waals surface area contributed by atoms with Crippen molar-refractivity contribution in [2.75, 3.05) is 40.5 Å². The van der Waals surface area contributed by atoms with Crippen molar-refractivity contribution in [3.63, 3.8) is 0 Å². The van der Waals surface area contributed by atoms with Gasteiger partial charge in [0, 0.05) is 52.0 Å². The van der Waals surface area contributed by atoms with Gasteiger partial charge in [0.25, 0.3) is 0 Å². The van der Waals surface area contributed by atoms with E-state index < -0.39 is 0 Å². The lowest BCUT2D eigenvalue weighted by Gasteiger charge is -2.17. The molecule has 0 N–H and O–H groups in total. The van der Waals surface area contributed by atoms with Gasteiger partial charge in [0.1, 0.15) is 0 Å². The lowest BCUT2D eigenvalue weighted by Crippen LogP contribution is -2.23. The van der Waals surface area contributed by atoms with E-state index in [1.165, 1.54) is 116 Å². The third-order valence-electron chi connectivity index (χ3n) is 6.47. The quantitative estimate of drug-likeness (QED) is 0.200. The van der Waals surface area contributed by atoms with Crippen molar-refractivity contribution in [1.29, 1.82) is 0 Å². The fraction of sp³-hybridized carbons (Fsp3) is 0.857. The van der Waals surface area contributed by atoms with E-state index in [0.29, 0.717) is 0 Å². The van der Waals surface area contributed by atoms with E-state index in [0.717, 1.165) is 13.3 Å². The Labute approximate surface area is 201 Å². The van der Waals surface area contributed by atoms with Gasteiger partial charge in [-0.25, -0.2) is 0 Å². The molecular weight excluding hydrogens is 392 g/mol. The van der Waals surface area contributed by atoms with Crippen LogP contribution in [0.25, 0.3) is 0 Å². The van der Waals surface area contributed by atoms with Gasteiger partial charge in [-0.3, -0.25) is 0 Å². The molecule has 0 aromatic rings. The van der Waals surface area contributed by atoms with Crippen LogP contribution in [0.15, 0.2) is 24.8 Å². The van der Waals surface area contributed by atoms with Crippen LogP contribution >= 0.6 is 0 Å². The Kier molecular flexibility index (Phi) is 18.2. The Hall–Kier alpha value is -1.32. The van der Waals surface area contributed by atoms with Gasteiger partial charge in [-0.1, -0.05) is 104 Å². The topological polar surface area (TPSA) is 13.0 Å². The number of hydrogen-bond acceptors (Lipinski definition) is 4. The van der Waals surface area contributed by atoms with Crippen molar-refractivity contribution in [2.24, 2.45) is 0 Å². The van der Waals surface area contributed by atoms with E-state index in [1.54, 1.807) is 0 Å². The molecule has 0 amide bonds. The molecule has 0 aromatic carbocycles. The predicted octanol–water partition coefficient (Wildman–Crippen LogP) is 7.61. The molecule has 2 rings (SSSR count). The van der Waals surface area contributed by atoms with Gasteiger partial charge in [0.2, 0.25) is 0 Å². The van der Waals surface area contributed by atoms with Gasteiger partial charge in [-0.15, -0.1) is 0 Å². The van der Waals surface area contributed by atoms with E-state index >= 15 is 0 Å². The SMILES string of the molecule is CCCCCCCCCCN1C=CN(C)C1.CCCCCCCCCCN1C=CN(C)C1. The van der Waals surface area contributed by atoms with Crippen LogP contribution in [0.5, 0.6) is 0 Å². The van der Waals surface area contributed by atoms with Crippen LogP contribution in [-0.2, 0) is 0 Å². The number of hydrogen-bond donors (Lipinski definition) is 0. The summed E-state index contributed by atoms with van der Waals surface area (Å²) in [6.45, 7) is 9.18. The van der Waals surface area contributed by atoms with Crippen LogP contribution in [0.2, 0.25) is 0 Å². The summed E-state index contributed by atoms with van der Waals surface area (Å²) in [7, 11) is 4.26. The van der Waals surface area contributed by atoms with Gasteiger partial charge in [0.05, 0.1) is 13.3 Å². The van der Waals surface area contributed by atoms with Crippen molar-refractivity contribution in [3.05, 3.63) is 24.8 Å². The van der Waals surface area contributed by atoms with Crippen LogP contribution in [-0.4, -0.2) is 60.1 Å². The molecule has 0 unspecified atom stereocenters. The molecule has 2 heterocycles. The monoisotopic (exact) mass is 448 g/mol. The minimum Gasteiger partial charge on any atom is -0.362 e. The van der Waals surface area contributed by atoms with Gasteiger partial charge in [-0.05, 0) is 12.8 Å². The molecule has 32 heavy (non-hydrogen) atoms. The second kappa shape index (κ2) is 20.3. The van der Waals surface area contributed by atoms with Crippen molar-refractivity contribution < 1.29 is 0 Å². The van der Waals surface area contributed by atoms with Crippen LogP contribution in [0, 0.1) is 0 Å². The molecule has 0 spiro atoms. The first-order valence-corrected chi connectivity index (χ1v) is 13.9. The standard InChI is InChI=1S/2C14H28N2/c2*1-3-4-5-6-7-8-9-10-11-16-13-12-15(2)14-16/h2*12-13H,3-11,14H2,1-2H3. The van der Waals surface area contributed by atoms with E-state index in [1.807, 2.05) is 0 Å². The van der Waals surface area contributed by atoms with Crippen molar-refractivity contribution in [1.82, 2.24) is 19.6 Å². The normalized spacial score (nSPS) is 15.1. The summed E-state index contributed by atoms with van der Waals surface area (Å²) < 4.78 is 0. The molecule has 0 aliphatic carbocycles. The van der Waals surface area contributed by atoms with Crippen LogP contribution in [0.4, 0.5) is 0 Å². The highest BCUT2D eigenvalue weighted by atomic mass is 15.3. The largest absolute Gasteiger partial charge is 0.362 e. The van der Waals surface area contributed by atoms with Gasteiger partial charge in [-0.2, -0.15) is 0 Å². The van der Waals surface area contributed by atoms with Crippen molar-refractivity contribution >= 4 is 0 Å². The summed E-state index contributed by atoms with van der Waals surface area (Å²) in [5, 5.41) is 0. The Morgan fingerprint density at radius 2 is 0.750 bits per heavy atom. The zero-order chi connectivity index (χ0) is 23.3. The van der Waals surface area contributed by atoms with Crippen molar-refractivity contribution in [3.8, 4) is 0 Å². The fourth-order valence-corrected chi connectivity index (χ4v) is 4.37. The van der Waals surface area contributed by atoms with Gasteiger partial charge >= 0.3 is 0 Å². The van der Waals surface area contributed by atoms with Crippen LogP contribution in [0.1, 0.15) is 117 Å². The Morgan fingerprint density at radius 1 is 0.438 bits per heavy atom. The highest BCUT2D eigenvalue weighted by Gasteiger charge is 2.07. The molecule has 188 valence electrons. The molecule has 0 radical (unpaired) electrons. The Balaban J connectivity index is 0.000000320.